The van der Waals surface area contributed by atoms with Crippen LogP contribution in [0, 0.1) is 0 Å². The average molecular weight is 258 g/mol. The molecule has 0 bridgehead atoms. The van der Waals surface area contributed by atoms with Crippen molar-refractivity contribution in [2.24, 2.45) is 0 Å². The quantitative estimate of drug-likeness (QED) is 0.604. The predicted octanol–water partition coefficient (Wildman–Crippen LogP) is 0.125. The third-order valence-corrected chi connectivity index (χ3v) is 2.85. The van der Waals surface area contributed by atoms with Gasteiger partial charge in [0.2, 0.25) is 5.91 Å². The van der Waals surface area contributed by atoms with Crippen molar-refractivity contribution < 1.29 is 19.4 Å². The largest absolute Gasteiger partial charge is 0.481 e. The Hall–Kier alpha value is -1.14. The van der Waals surface area contributed by atoms with Crippen molar-refractivity contribution in [3.05, 3.63) is 0 Å². The van der Waals surface area contributed by atoms with Gasteiger partial charge >= 0.3 is 5.97 Å². The first-order valence-corrected chi connectivity index (χ1v) is 6.44. The first-order chi connectivity index (χ1) is 8.61. The summed E-state index contributed by atoms with van der Waals surface area (Å²) in [7, 11) is 0. The zero-order valence-corrected chi connectivity index (χ0v) is 10.8. The smallest absolute Gasteiger partial charge is 0.305 e. The average Bonchev–Trinajstić information content (AvgIpc) is 2.29. The van der Waals surface area contributed by atoms with Gasteiger partial charge in [0.1, 0.15) is 0 Å². The molecule has 1 saturated heterocycles. The van der Waals surface area contributed by atoms with Crippen LogP contribution in [-0.2, 0) is 14.3 Å². The molecule has 6 nitrogen and oxygen atoms in total. The first kappa shape index (κ1) is 14.9. The molecule has 1 aliphatic rings. The Bertz CT molecular complexity index is 277. The van der Waals surface area contributed by atoms with Crippen LogP contribution >= 0.6 is 0 Å². The summed E-state index contributed by atoms with van der Waals surface area (Å²) in [4.78, 5) is 22.5. The Morgan fingerprint density at radius 1 is 1.56 bits per heavy atom. The molecule has 0 aromatic rings. The third kappa shape index (κ3) is 5.97. The van der Waals surface area contributed by atoms with Crippen molar-refractivity contribution in [1.82, 2.24) is 10.6 Å². The minimum Gasteiger partial charge on any atom is -0.481 e. The Morgan fingerprint density at radius 3 is 2.89 bits per heavy atom. The summed E-state index contributed by atoms with van der Waals surface area (Å²) in [5.74, 6) is -0.995. The van der Waals surface area contributed by atoms with Crippen LogP contribution in [0.2, 0.25) is 0 Å². The number of nitrogens with one attached hydrogen (secondary N) is 2. The minimum atomic E-state index is -0.882. The molecule has 18 heavy (non-hydrogen) atoms. The number of carboxylic acid groups (broad SMARTS) is 1. The summed E-state index contributed by atoms with van der Waals surface area (Å²) in [6, 6.07) is -0.240. The van der Waals surface area contributed by atoms with Gasteiger partial charge < -0.3 is 20.5 Å². The van der Waals surface area contributed by atoms with E-state index in [2.05, 4.69) is 10.6 Å². The Balaban J connectivity index is 2.32. The van der Waals surface area contributed by atoms with E-state index in [1.807, 2.05) is 6.92 Å². The molecule has 2 atom stereocenters. The second kappa shape index (κ2) is 8.05. The van der Waals surface area contributed by atoms with E-state index in [0.717, 1.165) is 13.0 Å². The maximum atomic E-state index is 11.8. The molecule has 1 rings (SSSR count). The summed E-state index contributed by atoms with van der Waals surface area (Å²) in [6.45, 7) is 3.93. The lowest BCUT2D eigenvalue weighted by atomic mass is 10.1. The van der Waals surface area contributed by atoms with Crippen LogP contribution in [0.15, 0.2) is 0 Å². The highest BCUT2D eigenvalue weighted by Gasteiger charge is 2.20. The summed E-state index contributed by atoms with van der Waals surface area (Å²) < 4.78 is 5.26. The van der Waals surface area contributed by atoms with Gasteiger partial charge in [-0.15, -0.1) is 0 Å². The standard InChI is InChI=1S/C12H22N2O4/c1-2-3-9(7-12(16)17)14-11(15)6-10-8-18-5-4-13-10/h9-10,13H,2-8H2,1H3,(H,14,15)(H,16,17). The molecule has 1 aliphatic heterocycles. The molecule has 0 saturated carbocycles. The lowest BCUT2D eigenvalue weighted by Gasteiger charge is -2.24. The van der Waals surface area contributed by atoms with E-state index in [-0.39, 0.29) is 24.4 Å². The molecule has 0 aliphatic carbocycles. The number of carbonyl (C=O) groups is 2. The normalized spacial score (nSPS) is 21.3. The van der Waals surface area contributed by atoms with E-state index in [4.69, 9.17) is 9.84 Å². The molecular weight excluding hydrogens is 236 g/mol. The van der Waals surface area contributed by atoms with Crippen LogP contribution in [0.1, 0.15) is 32.6 Å². The van der Waals surface area contributed by atoms with Crippen molar-refractivity contribution in [2.75, 3.05) is 19.8 Å². The highest BCUT2D eigenvalue weighted by atomic mass is 16.5. The van der Waals surface area contributed by atoms with Crippen molar-refractivity contribution in [3.8, 4) is 0 Å². The van der Waals surface area contributed by atoms with Crippen molar-refractivity contribution in [2.45, 2.75) is 44.7 Å². The highest BCUT2D eigenvalue weighted by molar-refractivity contribution is 5.78. The molecule has 104 valence electrons. The molecule has 3 N–H and O–H groups in total. The van der Waals surface area contributed by atoms with Crippen LogP contribution < -0.4 is 10.6 Å². The second-order valence-corrected chi connectivity index (χ2v) is 4.58. The van der Waals surface area contributed by atoms with E-state index in [1.54, 1.807) is 0 Å². The zero-order valence-electron chi connectivity index (χ0n) is 10.8. The molecule has 0 radical (unpaired) electrons. The molecule has 1 amide bonds. The fourth-order valence-electron chi connectivity index (χ4n) is 2.05. The van der Waals surface area contributed by atoms with Crippen LogP contribution in [-0.4, -0.2) is 48.8 Å². The maximum Gasteiger partial charge on any atom is 0.305 e. The lowest BCUT2D eigenvalue weighted by molar-refractivity contribution is -0.137. The number of amides is 1. The SMILES string of the molecule is CCCC(CC(=O)O)NC(=O)CC1COCCN1. The number of rotatable bonds is 7. The summed E-state index contributed by atoms with van der Waals surface area (Å²) in [5, 5.41) is 14.7. The van der Waals surface area contributed by atoms with E-state index in [1.165, 1.54) is 0 Å². The number of carboxylic acids is 1. The number of hydrogen-bond donors (Lipinski definition) is 3. The molecular formula is C12H22N2O4. The Kier molecular flexibility index (Phi) is 6.67. The number of hydrogen-bond acceptors (Lipinski definition) is 4. The van der Waals surface area contributed by atoms with Crippen LogP contribution in [0.25, 0.3) is 0 Å². The molecule has 2 unspecified atom stereocenters. The van der Waals surface area contributed by atoms with E-state index >= 15 is 0 Å². The summed E-state index contributed by atoms with van der Waals surface area (Å²) in [6.07, 6.45) is 1.85. The van der Waals surface area contributed by atoms with Gasteiger partial charge in [-0.05, 0) is 6.42 Å². The second-order valence-electron chi connectivity index (χ2n) is 4.58. The van der Waals surface area contributed by atoms with Gasteiger partial charge in [0.15, 0.2) is 0 Å². The van der Waals surface area contributed by atoms with Gasteiger partial charge in [-0.2, -0.15) is 0 Å². The van der Waals surface area contributed by atoms with E-state index in [0.29, 0.717) is 26.1 Å². The van der Waals surface area contributed by atoms with E-state index in [9.17, 15) is 9.59 Å². The van der Waals surface area contributed by atoms with Gasteiger partial charge in [0.05, 0.1) is 19.6 Å². The number of aliphatic carboxylic acids is 1. The summed E-state index contributed by atoms with van der Waals surface area (Å²) >= 11 is 0. The van der Waals surface area contributed by atoms with Crippen molar-refractivity contribution in [3.63, 3.8) is 0 Å². The number of carbonyl (C=O) groups excluding carboxylic acids is 1. The van der Waals surface area contributed by atoms with E-state index < -0.39 is 5.97 Å². The fourth-order valence-corrected chi connectivity index (χ4v) is 2.05. The molecule has 6 heteroatoms. The maximum absolute atomic E-state index is 11.8. The fraction of sp³-hybridized carbons (Fsp3) is 0.833. The van der Waals surface area contributed by atoms with Gasteiger partial charge in [0.25, 0.3) is 0 Å². The topological polar surface area (TPSA) is 87.7 Å². The number of morpholine rings is 1. The first-order valence-electron chi connectivity index (χ1n) is 6.44. The number of ether oxygens (including phenoxy) is 1. The molecule has 0 aromatic heterocycles. The molecule has 0 spiro atoms. The lowest BCUT2D eigenvalue weighted by Crippen LogP contribution is -2.46. The highest BCUT2D eigenvalue weighted by Crippen LogP contribution is 2.04. The monoisotopic (exact) mass is 258 g/mol. The van der Waals surface area contributed by atoms with Crippen LogP contribution in [0.4, 0.5) is 0 Å². The summed E-state index contributed by atoms with van der Waals surface area (Å²) in [5.41, 5.74) is 0. The van der Waals surface area contributed by atoms with Gasteiger partial charge in [0, 0.05) is 25.0 Å². The van der Waals surface area contributed by atoms with Gasteiger partial charge in [-0.3, -0.25) is 9.59 Å². The minimum absolute atomic E-state index is 0.0197. The predicted molar refractivity (Wildman–Crippen MR) is 66.3 cm³/mol. The third-order valence-electron chi connectivity index (χ3n) is 2.85. The van der Waals surface area contributed by atoms with Crippen molar-refractivity contribution in [1.29, 1.82) is 0 Å². The van der Waals surface area contributed by atoms with Gasteiger partial charge in [-0.25, -0.2) is 0 Å². The molecule has 1 fully saturated rings. The van der Waals surface area contributed by atoms with Crippen molar-refractivity contribution >= 4 is 11.9 Å². The zero-order chi connectivity index (χ0) is 13.4. The Labute approximate surface area is 107 Å². The molecule has 0 aromatic carbocycles. The molecule has 1 heterocycles. The van der Waals surface area contributed by atoms with Gasteiger partial charge in [-0.1, -0.05) is 13.3 Å². The Morgan fingerprint density at radius 2 is 2.33 bits per heavy atom. The van der Waals surface area contributed by atoms with Crippen LogP contribution in [0.3, 0.4) is 0 Å². The van der Waals surface area contributed by atoms with Crippen LogP contribution in [0.5, 0.6) is 0 Å².